The summed E-state index contributed by atoms with van der Waals surface area (Å²) in [6.45, 7) is -0.339. The van der Waals surface area contributed by atoms with Crippen molar-refractivity contribution in [2.75, 3.05) is 13.1 Å². The molecule has 0 radical (unpaired) electrons. The number of hydrogen-bond donors (Lipinski definition) is 1. The summed E-state index contributed by atoms with van der Waals surface area (Å²) in [6.07, 6.45) is -4.91. The molecule has 9 heteroatoms. The number of hydrogen-bond acceptors (Lipinski definition) is 4. The number of alkyl halides is 3. The van der Waals surface area contributed by atoms with Crippen LogP contribution in [-0.4, -0.2) is 25.2 Å². The van der Waals surface area contributed by atoms with Crippen LogP contribution in [0, 0.1) is 0 Å². The van der Waals surface area contributed by atoms with E-state index in [0.717, 1.165) is 0 Å². The fourth-order valence-corrected chi connectivity index (χ4v) is 4.47. The summed E-state index contributed by atoms with van der Waals surface area (Å²) in [4.78, 5) is 10.9. The van der Waals surface area contributed by atoms with Crippen LogP contribution in [-0.2, 0) is 4.79 Å². The Hall–Kier alpha value is -2.47. The van der Waals surface area contributed by atoms with E-state index in [1.807, 2.05) is 6.07 Å². The molecule has 0 aliphatic carbocycles. The average molecular weight is 370 g/mol. The summed E-state index contributed by atoms with van der Waals surface area (Å²) in [5.74, 6) is -0.933. The lowest BCUT2D eigenvalue weighted by Crippen LogP contribution is -2.38. The highest BCUT2D eigenvalue weighted by Crippen LogP contribution is 2.59. The molecule has 0 saturated carbocycles. The molecule has 1 aliphatic heterocycles. The molecule has 1 heterocycles. The number of nitrogens with one attached hydrogen (secondary N) is 1. The third-order valence-corrected chi connectivity index (χ3v) is 5.73. The highest BCUT2D eigenvalue weighted by Gasteiger charge is 2.38. The smallest absolute Gasteiger partial charge is 0.423 e. The summed E-state index contributed by atoms with van der Waals surface area (Å²) in [5.41, 5.74) is 0. The predicted octanol–water partition coefficient (Wildman–Crippen LogP) is 3.49. The van der Waals surface area contributed by atoms with E-state index in [-0.39, 0.29) is 13.1 Å². The van der Waals surface area contributed by atoms with Crippen molar-refractivity contribution < 1.29 is 27.0 Å². The molecule has 0 atom stereocenters. The molecule has 1 N–H and O–H groups in total. The van der Waals surface area contributed by atoms with Crippen molar-refractivity contribution in [1.29, 1.82) is 0 Å². The van der Waals surface area contributed by atoms with E-state index >= 15 is 0 Å². The second-order valence-electron chi connectivity index (χ2n) is 5.10. The molecule has 5 nitrogen and oxygen atoms in total. The number of carbonyl (C=O) groups excluding carboxylic acids is 1. The Balaban J connectivity index is 1.81. The maximum Gasteiger partial charge on any atom is 0.471 e. The van der Waals surface area contributed by atoms with Gasteiger partial charge in [-0.15, -0.1) is 0 Å². The Labute approximate surface area is 142 Å². The van der Waals surface area contributed by atoms with Crippen molar-refractivity contribution in [1.82, 2.24) is 5.32 Å². The monoisotopic (exact) mass is 370 g/mol. The average Bonchev–Trinajstić information content (AvgIpc) is 2.98. The summed E-state index contributed by atoms with van der Waals surface area (Å²) in [6, 6.07) is 16.1. The summed E-state index contributed by atoms with van der Waals surface area (Å²) < 4.78 is 52.9. The van der Waals surface area contributed by atoms with Crippen LogP contribution in [0.5, 0.6) is 11.5 Å². The van der Waals surface area contributed by atoms with Gasteiger partial charge in [0, 0.05) is 6.54 Å². The van der Waals surface area contributed by atoms with Gasteiger partial charge in [0.2, 0.25) is 0 Å². The van der Waals surface area contributed by atoms with Gasteiger partial charge in [-0.3, -0.25) is 4.79 Å². The number of benzene rings is 2. The second-order valence-corrected chi connectivity index (χ2v) is 7.31. The van der Waals surface area contributed by atoms with Gasteiger partial charge in [-0.05, 0) is 24.3 Å². The van der Waals surface area contributed by atoms with Gasteiger partial charge >= 0.3 is 19.6 Å². The van der Waals surface area contributed by atoms with E-state index in [0.29, 0.717) is 16.8 Å². The molecule has 0 unspecified atom stereocenters. The Morgan fingerprint density at radius 3 is 2.12 bits per heavy atom. The molecule has 1 aliphatic rings. The fourth-order valence-electron chi connectivity index (χ4n) is 2.20. The van der Waals surface area contributed by atoms with Crippen LogP contribution in [0.25, 0.3) is 0 Å². The molecule has 0 bridgehead atoms. The molecule has 0 fully saturated rings. The van der Waals surface area contributed by atoms with E-state index in [9.17, 15) is 18.0 Å². The summed E-state index contributed by atoms with van der Waals surface area (Å²) in [5, 5.41) is 2.49. The Bertz CT molecular complexity index is 796. The van der Waals surface area contributed by atoms with E-state index in [1.54, 1.807) is 53.8 Å². The SMILES string of the molecule is O=C(NCCN=P1(c2ccccc2)Oc2ccccc2O1)C(F)(F)F. The standard InChI is InChI=1S/C16H14F3N2O3P/c17-16(18,19)15(22)20-10-11-21-25(12-6-2-1-3-7-12)23-13-8-4-5-9-14(13)24-25/h1-9H,10-11H2,(H,20,22). The van der Waals surface area contributed by atoms with Crippen LogP contribution < -0.4 is 19.7 Å². The van der Waals surface area contributed by atoms with Crippen LogP contribution in [0.3, 0.4) is 0 Å². The Morgan fingerprint density at radius 1 is 1.00 bits per heavy atom. The quantitative estimate of drug-likeness (QED) is 0.662. The van der Waals surface area contributed by atoms with Gasteiger partial charge in [0.05, 0.1) is 11.8 Å². The number of para-hydroxylation sites is 2. The lowest BCUT2D eigenvalue weighted by Gasteiger charge is -2.17. The zero-order valence-corrected chi connectivity index (χ0v) is 13.8. The van der Waals surface area contributed by atoms with Crippen molar-refractivity contribution in [2.45, 2.75) is 6.18 Å². The Kier molecular flexibility index (Phi) is 4.72. The number of fused-ring (bicyclic) bond motifs is 1. The molecule has 1 amide bonds. The summed E-state index contributed by atoms with van der Waals surface area (Å²) in [7, 11) is -2.89. The van der Waals surface area contributed by atoms with E-state index in [4.69, 9.17) is 9.05 Å². The number of halogens is 3. The second kappa shape index (κ2) is 6.80. The van der Waals surface area contributed by atoms with Gasteiger partial charge in [0.1, 0.15) is 0 Å². The van der Waals surface area contributed by atoms with Crippen LogP contribution in [0.2, 0.25) is 0 Å². The minimum absolute atomic E-state index is 0.0710. The third kappa shape index (κ3) is 3.79. The number of carbonyl (C=O) groups is 1. The van der Waals surface area contributed by atoms with Crippen LogP contribution in [0.15, 0.2) is 59.3 Å². The first-order chi connectivity index (χ1) is 11.9. The molecule has 132 valence electrons. The highest BCUT2D eigenvalue weighted by atomic mass is 31.2. The van der Waals surface area contributed by atoms with Crippen molar-refractivity contribution in [3.63, 3.8) is 0 Å². The minimum Gasteiger partial charge on any atom is -0.423 e. The van der Waals surface area contributed by atoms with Crippen LogP contribution in [0.1, 0.15) is 0 Å². The number of nitrogens with zero attached hydrogens (tertiary/aromatic N) is 1. The molecule has 0 spiro atoms. The molecule has 0 saturated heterocycles. The number of rotatable bonds is 4. The maximum atomic E-state index is 12.2. The van der Waals surface area contributed by atoms with Gasteiger partial charge in [-0.25, -0.2) is 4.74 Å². The van der Waals surface area contributed by atoms with Gasteiger partial charge < -0.3 is 14.4 Å². The van der Waals surface area contributed by atoms with Crippen molar-refractivity contribution in [3.8, 4) is 11.5 Å². The lowest BCUT2D eigenvalue weighted by molar-refractivity contribution is -0.173. The molecule has 2 aromatic carbocycles. The maximum absolute atomic E-state index is 12.2. The zero-order valence-electron chi connectivity index (χ0n) is 12.9. The van der Waals surface area contributed by atoms with Gasteiger partial charge in [0.15, 0.2) is 11.5 Å². The van der Waals surface area contributed by atoms with Crippen LogP contribution >= 0.6 is 7.51 Å². The zero-order chi connectivity index (χ0) is 17.9. The first kappa shape index (κ1) is 17.4. The van der Waals surface area contributed by atoms with Crippen molar-refractivity contribution >= 4 is 18.7 Å². The summed E-state index contributed by atoms with van der Waals surface area (Å²) >= 11 is 0. The number of amides is 1. The van der Waals surface area contributed by atoms with Crippen LogP contribution in [0.4, 0.5) is 13.2 Å². The third-order valence-electron chi connectivity index (χ3n) is 3.32. The van der Waals surface area contributed by atoms with E-state index in [2.05, 4.69) is 4.74 Å². The topological polar surface area (TPSA) is 59.9 Å². The lowest BCUT2D eigenvalue weighted by atomic mass is 10.3. The molecule has 25 heavy (non-hydrogen) atoms. The molecular weight excluding hydrogens is 356 g/mol. The molecule has 0 aromatic heterocycles. The largest absolute Gasteiger partial charge is 0.471 e. The molecular formula is C16H14F3N2O3P. The Morgan fingerprint density at radius 2 is 1.56 bits per heavy atom. The molecule has 2 aromatic rings. The van der Waals surface area contributed by atoms with E-state index < -0.39 is 19.6 Å². The van der Waals surface area contributed by atoms with Gasteiger partial charge in [-0.1, -0.05) is 30.3 Å². The normalized spacial score (nSPS) is 14.8. The predicted molar refractivity (Wildman–Crippen MR) is 87.1 cm³/mol. The fraction of sp³-hybridized carbons (Fsp3) is 0.188. The van der Waals surface area contributed by atoms with Crippen molar-refractivity contribution in [2.24, 2.45) is 4.74 Å². The van der Waals surface area contributed by atoms with Gasteiger partial charge in [0.25, 0.3) is 0 Å². The molecule has 3 rings (SSSR count). The first-order valence-electron chi connectivity index (χ1n) is 7.38. The minimum atomic E-state index is -4.91. The highest BCUT2D eigenvalue weighted by molar-refractivity contribution is 7.65. The van der Waals surface area contributed by atoms with Crippen molar-refractivity contribution in [3.05, 3.63) is 54.6 Å². The first-order valence-corrected chi connectivity index (χ1v) is 8.95. The van der Waals surface area contributed by atoms with Gasteiger partial charge in [-0.2, -0.15) is 13.2 Å². The van der Waals surface area contributed by atoms with E-state index in [1.165, 1.54) is 0 Å².